The minimum absolute atomic E-state index is 0.0380. The van der Waals surface area contributed by atoms with Gasteiger partial charge in [-0.15, -0.1) is 0 Å². The van der Waals surface area contributed by atoms with Gasteiger partial charge in [0.1, 0.15) is 0 Å². The second-order valence-corrected chi connectivity index (χ2v) is 6.10. The molecular weight excluding hydrogens is 358 g/mol. The van der Waals surface area contributed by atoms with Crippen LogP contribution in [0.5, 0.6) is 0 Å². The van der Waals surface area contributed by atoms with Gasteiger partial charge in [-0.25, -0.2) is 4.68 Å². The smallest absolute Gasteiger partial charge is 0.277 e. The molecule has 1 aromatic carbocycles. The molecule has 0 radical (unpaired) electrons. The Kier molecular flexibility index (Phi) is 4.92. The van der Waals surface area contributed by atoms with Crippen molar-refractivity contribution in [3.05, 3.63) is 72.2 Å². The third kappa shape index (κ3) is 4.32. The van der Waals surface area contributed by atoms with Crippen molar-refractivity contribution in [3.8, 4) is 0 Å². The predicted molar refractivity (Wildman–Crippen MR) is 92.6 cm³/mol. The van der Waals surface area contributed by atoms with Crippen LogP contribution < -0.4 is 10.9 Å². The third-order valence-corrected chi connectivity index (χ3v) is 4.08. The number of nitrogens with zero attached hydrogens (tertiary/aromatic N) is 4. The summed E-state index contributed by atoms with van der Waals surface area (Å²) in [5.74, 6) is -0.343. The Bertz CT molecular complexity index is 949. The summed E-state index contributed by atoms with van der Waals surface area (Å²) in [7, 11) is 0. The standard InChI is InChI=1S/C16H15N5O6/c22-15-4-3-14(10-1-2-10)18-19(15)6-5-17-16(23)11-7-12(20(24)25)9-13(8-11)21(26)27/h3-4,7-10H,1-2,5-6H2,(H,17,23). The minimum Gasteiger partial charge on any atom is -0.350 e. The molecule has 0 unspecified atom stereocenters. The molecule has 0 spiro atoms. The van der Waals surface area contributed by atoms with Crippen LogP contribution in [0.1, 0.15) is 34.8 Å². The first-order chi connectivity index (χ1) is 12.8. The number of benzene rings is 1. The van der Waals surface area contributed by atoms with Crippen molar-refractivity contribution < 1.29 is 14.6 Å². The predicted octanol–water partition coefficient (Wildman–Crippen LogP) is 1.37. The summed E-state index contributed by atoms with van der Waals surface area (Å²) in [6.07, 6.45) is 2.07. The summed E-state index contributed by atoms with van der Waals surface area (Å²) in [6, 6.07) is 5.81. The van der Waals surface area contributed by atoms with Crippen LogP contribution in [0, 0.1) is 20.2 Å². The van der Waals surface area contributed by atoms with Gasteiger partial charge in [-0.3, -0.25) is 29.8 Å². The van der Waals surface area contributed by atoms with E-state index in [0.717, 1.165) is 36.7 Å². The Morgan fingerprint density at radius 1 is 1.15 bits per heavy atom. The highest BCUT2D eigenvalue weighted by Gasteiger charge is 2.25. The number of nitro benzene ring substituents is 2. The number of carbonyl (C=O) groups excluding carboxylic acids is 1. The van der Waals surface area contributed by atoms with Gasteiger partial charge in [0, 0.05) is 30.7 Å². The Labute approximate surface area is 151 Å². The third-order valence-electron chi connectivity index (χ3n) is 4.08. The van der Waals surface area contributed by atoms with Crippen molar-refractivity contribution in [1.82, 2.24) is 15.1 Å². The van der Waals surface area contributed by atoms with Crippen LogP contribution >= 0.6 is 0 Å². The zero-order valence-corrected chi connectivity index (χ0v) is 14.0. The number of non-ortho nitro benzene ring substituents is 2. The van der Waals surface area contributed by atoms with Gasteiger partial charge < -0.3 is 5.32 Å². The summed E-state index contributed by atoms with van der Waals surface area (Å²) in [4.78, 5) is 44.2. The van der Waals surface area contributed by atoms with Gasteiger partial charge >= 0.3 is 0 Å². The van der Waals surface area contributed by atoms with Crippen molar-refractivity contribution in [2.24, 2.45) is 0 Å². The number of nitrogens with one attached hydrogen (secondary N) is 1. The highest BCUT2D eigenvalue weighted by atomic mass is 16.6. The van der Waals surface area contributed by atoms with Gasteiger partial charge in [0.05, 0.1) is 33.7 Å². The van der Waals surface area contributed by atoms with Crippen LogP contribution in [0.4, 0.5) is 11.4 Å². The molecule has 1 saturated carbocycles. The lowest BCUT2D eigenvalue weighted by molar-refractivity contribution is -0.394. The number of amides is 1. The first kappa shape index (κ1) is 18.2. The van der Waals surface area contributed by atoms with Crippen molar-refractivity contribution >= 4 is 17.3 Å². The fourth-order valence-corrected chi connectivity index (χ4v) is 2.54. The fraction of sp³-hybridized carbons (Fsp3) is 0.312. The molecule has 0 atom stereocenters. The Morgan fingerprint density at radius 2 is 1.78 bits per heavy atom. The Balaban J connectivity index is 1.69. The van der Waals surface area contributed by atoms with E-state index in [-0.39, 0.29) is 24.2 Å². The fourth-order valence-electron chi connectivity index (χ4n) is 2.54. The average molecular weight is 373 g/mol. The largest absolute Gasteiger partial charge is 0.350 e. The van der Waals surface area contributed by atoms with Crippen molar-refractivity contribution in [2.75, 3.05) is 6.54 Å². The zero-order chi connectivity index (χ0) is 19.6. The molecule has 1 N–H and O–H groups in total. The number of rotatable bonds is 7. The maximum Gasteiger partial charge on any atom is 0.277 e. The van der Waals surface area contributed by atoms with Gasteiger partial charge in [0.15, 0.2) is 0 Å². The molecule has 11 nitrogen and oxygen atoms in total. The zero-order valence-electron chi connectivity index (χ0n) is 14.0. The van der Waals surface area contributed by atoms with Gasteiger partial charge in [-0.05, 0) is 18.9 Å². The number of nitro groups is 2. The molecule has 2 aromatic rings. The van der Waals surface area contributed by atoms with Crippen LogP contribution in [0.15, 0.2) is 35.1 Å². The van der Waals surface area contributed by atoms with Crippen LogP contribution in [-0.2, 0) is 6.54 Å². The lowest BCUT2D eigenvalue weighted by atomic mass is 10.1. The second kappa shape index (κ2) is 7.32. The van der Waals surface area contributed by atoms with E-state index in [9.17, 15) is 29.8 Å². The lowest BCUT2D eigenvalue weighted by Crippen LogP contribution is -2.32. The van der Waals surface area contributed by atoms with Gasteiger partial charge in [-0.1, -0.05) is 0 Å². The van der Waals surface area contributed by atoms with E-state index in [2.05, 4.69) is 10.4 Å². The van der Waals surface area contributed by atoms with E-state index in [4.69, 9.17) is 0 Å². The first-order valence-electron chi connectivity index (χ1n) is 8.15. The van der Waals surface area contributed by atoms with Gasteiger partial charge in [0.2, 0.25) is 0 Å². The molecular formula is C16H15N5O6. The van der Waals surface area contributed by atoms with Crippen molar-refractivity contribution in [3.63, 3.8) is 0 Å². The second-order valence-electron chi connectivity index (χ2n) is 6.10. The van der Waals surface area contributed by atoms with E-state index < -0.39 is 27.1 Å². The minimum atomic E-state index is -0.809. The summed E-state index contributed by atoms with van der Waals surface area (Å²) >= 11 is 0. The van der Waals surface area contributed by atoms with Gasteiger partial charge in [0.25, 0.3) is 22.8 Å². The summed E-state index contributed by atoms with van der Waals surface area (Å²) in [5, 5.41) is 28.5. The maximum absolute atomic E-state index is 12.2. The molecule has 0 bridgehead atoms. The molecule has 140 valence electrons. The molecule has 0 aliphatic heterocycles. The molecule has 3 rings (SSSR count). The van der Waals surface area contributed by atoms with E-state index in [1.807, 2.05) is 0 Å². The van der Waals surface area contributed by atoms with Crippen LogP contribution in [-0.4, -0.2) is 32.1 Å². The monoisotopic (exact) mass is 373 g/mol. The summed E-state index contributed by atoms with van der Waals surface area (Å²) < 4.78 is 1.24. The molecule has 1 aliphatic carbocycles. The number of hydrogen-bond acceptors (Lipinski definition) is 7. The van der Waals surface area contributed by atoms with E-state index in [0.29, 0.717) is 5.92 Å². The molecule has 11 heteroatoms. The summed E-state index contributed by atoms with van der Waals surface area (Å²) in [5.41, 5.74) is -0.786. The molecule has 0 saturated heterocycles. The highest BCUT2D eigenvalue weighted by molar-refractivity contribution is 5.95. The molecule has 1 aliphatic rings. The highest BCUT2D eigenvalue weighted by Crippen LogP contribution is 2.38. The van der Waals surface area contributed by atoms with Gasteiger partial charge in [-0.2, -0.15) is 5.10 Å². The number of hydrogen-bond donors (Lipinski definition) is 1. The molecule has 1 fully saturated rings. The molecule has 1 aromatic heterocycles. The SMILES string of the molecule is O=C(NCCn1nc(C2CC2)ccc1=O)c1cc([N+](=O)[O-])cc([N+](=O)[O-])c1. The lowest BCUT2D eigenvalue weighted by Gasteiger charge is -2.08. The van der Waals surface area contributed by atoms with Crippen molar-refractivity contribution in [1.29, 1.82) is 0 Å². The molecule has 27 heavy (non-hydrogen) atoms. The Hall–Kier alpha value is -3.63. The Morgan fingerprint density at radius 3 is 2.33 bits per heavy atom. The molecule has 1 amide bonds. The molecule has 1 heterocycles. The van der Waals surface area contributed by atoms with Crippen LogP contribution in [0.3, 0.4) is 0 Å². The average Bonchev–Trinajstić information content (AvgIpc) is 3.47. The van der Waals surface area contributed by atoms with Crippen LogP contribution in [0.2, 0.25) is 0 Å². The van der Waals surface area contributed by atoms with E-state index in [1.54, 1.807) is 6.07 Å². The van der Waals surface area contributed by atoms with E-state index >= 15 is 0 Å². The quantitative estimate of drug-likeness (QED) is 0.568. The first-order valence-corrected chi connectivity index (χ1v) is 8.15. The van der Waals surface area contributed by atoms with E-state index in [1.165, 1.54) is 10.7 Å². The normalized spacial score (nSPS) is 13.2. The summed E-state index contributed by atoms with van der Waals surface area (Å²) in [6.45, 7) is 0.151. The number of carbonyl (C=O) groups is 1. The maximum atomic E-state index is 12.2. The number of aromatic nitrogens is 2. The van der Waals surface area contributed by atoms with Crippen LogP contribution in [0.25, 0.3) is 0 Å². The topological polar surface area (TPSA) is 150 Å². The van der Waals surface area contributed by atoms with Crippen molar-refractivity contribution in [2.45, 2.75) is 25.3 Å².